The molecular weight excluding hydrogens is 320 g/mol. The first-order valence-electron chi connectivity index (χ1n) is 8.51. The van der Waals surface area contributed by atoms with Gasteiger partial charge in [0.05, 0.1) is 11.4 Å². The van der Waals surface area contributed by atoms with Crippen molar-refractivity contribution in [3.8, 4) is 0 Å². The smallest absolute Gasteiger partial charge is 0.201 e. The molecule has 0 spiro atoms. The van der Waals surface area contributed by atoms with Gasteiger partial charge in [-0.1, -0.05) is 0 Å². The van der Waals surface area contributed by atoms with E-state index in [2.05, 4.69) is 37.3 Å². The van der Waals surface area contributed by atoms with Crippen LogP contribution >= 0.6 is 0 Å². The van der Waals surface area contributed by atoms with Crippen molar-refractivity contribution in [1.29, 1.82) is 0 Å². The van der Waals surface area contributed by atoms with Crippen molar-refractivity contribution in [3.05, 3.63) is 29.2 Å². The Labute approximate surface area is 145 Å². The third-order valence-electron chi connectivity index (χ3n) is 5.21. The predicted octanol–water partition coefficient (Wildman–Crippen LogP) is 0.746. The number of aryl methyl sites for hydroxylation is 1. The van der Waals surface area contributed by atoms with Crippen LogP contribution in [0.25, 0.3) is 5.65 Å². The van der Waals surface area contributed by atoms with Gasteiger partial charge in [0.25, 0.3) is 0 Å². The molecule has 0 saturated carbocycles. The second-order valence-electron chi connectivity index (χ2n) is 6.61. The van der Waals surface area contributed by atoms with Crippen molar-refractivity contribution in [2.24, 2.45) is 7.05 Å². The number of nitrogens with zero attached hydrogens (tertiary/aromatic N) is 8. The predicted molar refractivity (Wildman–Crippen MR) is 91.4 cm³/mol. The second-order valence-corrected chi connectivity index (χ2v) is 6.61. The molecule has 0 aromatic carbocycles. The van der Waals surface area contributed by atoms with Crippen molar-refractivity contribution >= 4 is 11.3 Å². The molecule has 1 N–H and O–H groups in total. The number of fused-ring (bicyclic) bond motifs is 1. The van der Waals surface area contributed by atoms with Crippen LogP contribution in [0.5, 0.6) is 0 Å². The highest BCUT2D eigenvalue weighted by molar-refractivity contribution is 5.72. The van der Waals surface area contributed by atoms with Crippen molar-refractivity contribution in [1.82, 2.24) is 34.6 Å². The number of rotatable bonds is 3. The highest BCUT2D eigenvalue weighted by Crippen LogP contribution is 2.33. The minimum atomic E-state index is -0.0807. The Kier molecular flexibility index (Phi) is 3.87. The zero-order valence-electron chi connectivity index (χ0n) is 14.7. The van der Waals surface area contributed by atoms with E-state index in [4.69, 9.17) is 0 Å². The van der Waals surface area contributed by atoms with Crippen LogP contribution in [-0.4, -0.2) is 52.8 Å². The van der Waals surface area contributed by atoms with Crippen molar-refractivity contribution in [2.75, 3.05) is 18.0 Å². The van der Waals surface area contributed by atoms with E-state index >= 15 is 0 Å². The van der Waals surface area contributed by atoms with E-state index < -0.39 is 0 Å². The number of hydrogen-bond donors (Lipinski definition) is 1. The lowest BCUT2D eigenvalue weighted by molar-refractivity contribution is 0.266. The molecule has 132 valence electrons. The molecule has 4 heterocycles. The molecule has 1 aliphatic rings. The molecule has 3 aromatic rings. The Morgan fingerprint density at radius 1 is 1.16 bits per heavy atom. The van der Waals surface area contributed by atoms with Crippen LogP contribution in [0.3, 0.4) is 0 Å². The maximum Gasteiger partial charge on any atom is 0.201 e. The summed E-state index contributed by atoms with van der Waals surface area (Å²) in [5.41, 5.74) is 4.07. The number of piperidine rings is 1. The van der Waals surface area contributed by atoms with Gasteiger partial charge in [-0.3, -0.25) is 0 Å². The van der Waals surface area contributed by atoms with Crippen LogP contribution in [0.1, 0.15) is 41.7 Å². The molecule has 9 nitrogen and oxygen atoms in total. The number of hydrogen-bond acceptors (Lipinski definition) is 7. The van der Waals surface area contributed by atoms with E-state index in [9.17, 15) is 5.11 Å². The highest BCUT2D eigenvalue weighted by atomic mass is 16.3. The summed E-state index contributed by atoms with van der Waals surface area (Å²) in [7, 11) is 1.92. The maximum absolute atomic E-state index is 9.30. The summed E-state index contributed by atoms with van der Waals surface area (Å²) >= 11 is 0. The molecule has 0 radical (unpaired) electrons. The van der Waals surface area contributed by atoms with E-state index in [1.54, 1.807) is 10.8 Å². The lowest BCUT2D eigenvalue weighted by Gasteiger charge is -2.34. The van der Waals surface area contributed by atoms with Gasteiger partial charge in [0.1, 0.15) is 18.8 Å². The molecule has 4 rings (SSSR count). The van der Waals surface area contributed by atoms with Gasteiger partial charge in [-0.05, 0) is 32.3 Å². The summed E-state index contributed by atoms with van der Waals surface area (Å²) in [5, 5.41) is 30.4. The molecule has 25 heavy (non-hydrogen) atoms. The minimum Gasteiger partial charge on any atom is -0.388 e. The van der Waals surface area contributed by atoms with Crippen molar-refractivity contribution in [3.63, 3.8) is 0 Å². The Morgan fingerprint density at radius 3 is 2.60 bits per heavy atom. The fourth-order valence-corrected chi connectivity index (χ4v) is 3.64. The molecule has 1 fully saturated rings. The van der Waals surface area contributed by atoms with Crippen LogP contribution in [0.15, 0.2) is 6.33 Å². The Morgan fingerprint density at radius 2 is 1.92 bits per heavy atom. The number of anilines is 1. The Balaban J connectivity index is 1.59. The lowest BCUT2D eigenvalue weighted by Crippen LogP contribution is -2.34. The van der Waals surface area contributed by atoms with Crippen LogP contribution in [0.2, 0.25) is 0 Å². The molecule has 0 atom stereocenters. The van der Waals surface area contributed by atoms with Gasteiger partial charge in [-0.25, -0.2) is 0 Å². The molecule has 0 amide bonds. The average molecular weight is 342 g/mol. The monoisotopic (exact) mass is 342 g/mol. The van der Waals surface area contributed by atoms with E-state index in [0.29, 0.717) is 11.7 Å². The summed E-state index contributed by atoms with van der Waals surface area (Å²) in [6.45, 7) is 5.86. The van der Waals surface area contributed by atoms with Crippen molar-refractivity contribution < 1.29 is 5.11 Å². The summed E-state index contributed by atoms with van der Waals surface area (Å²) < 4.78 is 3.67. The van der Waals surface area contributed by atoms with Gasteiger partial charge in [0, 0.05) is 26.1 Å². The van der Waals surface area contributed by atoms with Gasteiger partial charge >= 0.3 is 0 Å². The summed E-state index contributed by atoms with van der Waals surface area (Å²) in [6, 6.07) is 0. The van der Waals surface area contributed by atoms with Gasteiger partial charge in [0.15, 0.2) is 5.82 Å². The summed E-state index contributed by atoms with van der Waals surface area (Å²) in [6.07, 6.45) is 3.62. The van der Waals surface area contributed by atoms with Gasteiger partial charge < -0.3 is 14.6 Å². The zero-order valence-corrected chi connectivity index (χ0v) is 14.7. The standard InChI is InChI=1S/C16H22N8O/c1-10-11(2)21-24-9-17-19-16(24)14(10)23-6-4-12(5-7-23)15-20-18-13(8-25)22(15)3/h9,12,25H,4-8H2,1-3H3. The molecule has 9 heteroatoms. The fraction of sp³-hybridized carbons (Fsp3) is 0.562. The third-order valence-corrected chi connectivity index (χ3v) is 5.21. The topological polar surface area (TPSA) is 97.3 Å². The van der Waals surface area contributed by atoms with Gasteiger partial charge in [-0.15, -0.1) is 20.4 Å². The van der Waals surface area contributed by atoms with E-state index in [0.717, 1.165) is 54.3 Å². The first kappa shape index (κ1) is 15.9. The molecule has 0 bridgehead atoms. The third kappa shape index (κ3) is 2.55. The van der Waals surface area contributed by atoms with Crippen LogP contribution in [-0.2, 0) is 13.7 Å². The second kappa shape index (κ2) is 6.07. The molecule has 0 unspecified atom stereocenters. The Bertz CT molecular complexity index is 906. The highest BCUT2D eigenvalue weighted by Gasteiger charge is 2.27. The van der Waals surface area contributed by atoms with E-state index in [1.165, 1.54) is 0 Å². The first-order chi connectivity index (χ1) is 12.1. The molecule has 1 aliphatic heterocycles. The lowest BCUT2D eigenvalue weighted by atomic mass is 9.95. The van der Waals surface area contributed by atoms with Crippen LogP contribution < -0.4 is 4.90 Å². The largest absolute Gasteiger partial charge is 0.388 e. The number of aromatic nitrogens is 7. The minimum absolute atomic E-state index is 0.0807. The summed E-state index contributed by atoms with van der Waals surface area (Å²) in [4.78, 5) is 2.37. The fourth-order valence-electron chi connectivity index (χ4n) is 3.64. The normalized spacial score (nSPS) is 16.1. The van der Waals surface area contributed by atoms with Gasteiger partial charge in [-0.2, -0.15) is 9.61 Å². The van der Waals surface area contributed by atoms with Crippen molar-refractivity contribution in [2.45, 2.75) is 39.2 Å². The van der Waals surface area contributed by atoms with Gasteiger partial charge in [0.2, 0.25) is 5.65 Å². The molecule has 3 aromatic heterocycles. The summed E-state index contributed by atoms with van der Waals surface area (Å²) in [5.74, 6) is 1.92. The molecular formula is C16H22N8O. The number of aliphatic hydroxyl groups excluding tert-OH is 1. The zero-order chi connectivity index (χ0) is 17.6. The number of aliphatic hydroxyl groups is 1. The molecule has 0 aliphatic carbocycles. The van der Waals surface area contributed by atoms with Crippen LogP contribution in [0, 0.1) is 13.8 Å². The Hall–Kier alpha value is -2.55. The van der Waals surface area contributed by atoms with E-state index in [-0.39, 0.29) is 6.61 Å². The quantitative estimate of drug-likeness (QED) is 0.750. The first-order valence-corrected chi connectivity index (χ1v) is 8.51. The SMILES string of the molecule is Cc1nn2cnnc2c(N2CCC(c3nnc(CO)n3C)CC2)c1C. The average Bonchev–Trinajstić information content (AvgIpc) is 3.22. The van der Waals surface area contributed by atoms with Crippen LogP contribution in [0.4, 0.5) is 5.69 Å². The van der Waals surface area contributed by atoms with E-state index in [1.807, 2.05) is 18.5 Å². The maximum atomic E-state index is 9.30. The molecule has 1 saturated heterocycles.